The van der Waals surface area contributed by atoms with Gasteiger partial charge in [-0.15, -0.1) is 0 Å². The molecule has 3 aliphatic rings. The van der Waals surface area contributed by atoms with E-state index < -0.39 is 41.5 Å². The van der Waals surface area contributed by atoms with E-state index in [1.54, 1.807) is 0 Å². The Balaban J connectivity index is 0.00000405. The average molecular weight is 627 g/mol. The predicted octanol–water partition coefficient (Wildman–Crippen LogP) is 6.13. The van der Waals surface area contributed by atoms with Crippen LogP contribution >= 0.6 is 25.1 Å². The summed E-state index contributed by atoms with van der Waals surface area (Å²) in [6, 6.07) is 7.29. The van der Waals surface area contributed by atoms with Gasteiger partial charge in [-0.3, -0.25) is 9.69 Å². The van der Waals surface area contributed by atoms with Gasteiger partial charge in [-0.05, 0) is 61.8 Å². The Morgan fingerprint density at radius 3 is 2.48 bits per heavy atom. The van der Waals surface area contributed by atoms with Crippen LogP contribution in [0.25, 0.3) is 0 Å². The first-order valence-electron chi connectivity index (χ1n) is 14.1. The first-order chi connectivity index (χ1) is 19.5. The molecule has 2 aromatic rings. The minimum atomic E-state index is -1.58. The van der Waals surface area contributed by atoms with Crippen LogP contribution in [0.1, 0.15) is 65.6 Å². The van der Waals surface area contributed by atoms with Crippen molar-refractivity contribution >= 4 is 37.0 Å². The third-order valence-corrected chi connectivity index (χ3v) is 9.03. The summed E-state index contributed by atoms with van der Waals surface area (Å²) in [5.41, 5.74) is 0.924. The molecule has 230 valence electrons. The van der Waals surface area contributed by atoms with Crippen molar-refractivity contribution < 1.29 is 32.2 Å². The number of aryl methyl sites for hydroxylation is 1. The molecule has 2 heterocycles. The van der Waals surface area contributed by atoms with Crippen molar-refractivity contribution in [3.8, 4) is 5.75 Å². The lowest BCUT2D eigenvalue weighted by atomic mass is 9.93. The Kier molecular flexibility index (Phi) is 10.1. The molecular weight excluding hydrogens is 589 g/mol. The van der Waals surface area contributed by atoms with Crippen LogP contribution in [0.3, 0.4) is 0 Å². The maximum atomic E-state index is 15.8. The van der Waals surface area contributed by atoms with Crippen molar-refractivity contribution in [1.82, 2.24) is 9.80 Å². The molecular formula is C31H38ClF3N2O4S. The first kappa shape index (κ1) is 32.5. The van der Waals surface area contributed by atoms with E-state index in [1.807, 2.05) is 25.1 Å². The van der Waals surface area contributed by atoms with Gasteiger partial charge in [-0.2, -0.15) is 13.5 Å². The quantitative estimate of drug-likeness (QED) is 0.330. The van der Waals surface area contributed by atoms with Crippen LogP contribution in [-0.2, 0) is 16.1 Å². The van der Waals surface area contributed by atoms with Crippen molar-refractivity contribution in [2.45, 2.75) is 69.9 Å². The van der Waals surface area contributed by atoms with Crippen molar-refractivity contribution in [3.63, 3.8) is 0 Å². The lowest BCUT2D eigenvalue weighted by molar-refractivity contribution is -0.146. The highest BCUT2D eigenvalue weighted by Gasteiger charge is 2.47. The summed E-state index contributed by atoms with van der Waals surface area (Å²) in [5, 5.41) is 0.692. The normalized spacial score (nSPS) is 23.8. The zero-order valence-electron chi connectivity index (χ0n) is 24.1. The molecule has 6 nitrogen and oxygen atoms in total. The average Bonchev–Trinajstić information content (AvgIpc) is 3.75. The molecule has 0 radical (unpaired) electrons. The Morgan fingerprint density at radius 2 is 1.83 bits per heavy atom. The van der Waals surface area contributed by atoms with Crippen molar-refractivity contribution in [2.75, 3.05) is 33.4 Å². The summed E-state index contributed by atoms with van der Waals surface area (Å²) in [6.07, 6.45) is 0.773. The van der Waals surface area contributed by atoms with Gasteiger partial charge < -0.3 is 14.4 Å². The second-order valence-electron chi connectivity index (χ2n) is 11.8. The highest BCUT2D eigenvalue weighted by Crippen LogP contribution is 2.46. The summed E-state index contributed by atoms with van der Waals surface area (Å²) >= 11 is 6.34. The molecule has 2 saturated heterocycles. The van der Waals surface area contributed by atoms with Gasteiger partial charge in [-0.25, -0.2) is 18.0 Å². The van der Waals surface area contributed by atoms with Gasteiger partial charge in [0, 0.05) is 36.6 Å². The highest BCUT2D eigenvalue weighted by molar-refractivity contribution is 7.59. The molecule has 0 spiro atoms. The van der Waals surface area contributed by atoms with E-state index in [9.17, 15) is 14.0 Å². The number of amides is 1. The van der Waals surface area contributed by atoms with Crippen molar-refractivity contribution in [1.29, 1.82) is 0 Å². The van der Waals surface area contributed by atoms with E-state index >= 15 is 8.78 Å². The Hall–Kier alpha value is -2.43. The third kappa shape index (κ3) is 6.86. The van der Waals surface area contributed by atoms with Gasteiger partial charge in [0.1, 0.15) is 36.1 Å². The number of piperidine rings is 1. The largest absolute Gasteiger partial charge is 0.490 e. The maximum Gasteiger partial charge on any atom is 0.328 e. The lowest BCUT2D eigenvalue weighted by Crippen LogP contribution is -2.44. The summed E-state index contributed by atoms with van der Waals surface area (Å²) in [7, 11) is 1.17. The molecule has 2 aliphatic heterocycles. The van der Waals surface area contributed by atoms with Gasteiger partial charge in [0.25, 0.3) is 5.91 Å². The molecule has 1 aliphatic carbocycles. The van der Waals surface area contributed by atoms with E-state index in [-0.39, 0.29) is 56.7 Å². The van der Waals surface area contributed by atoms with Crippen LogP contribution in [0.5, 0.6) is 5.75 Å². The Bertz CT molecular complexity index is 1320. The molecule has 1 saturated carbocycles. The van der Waals surface area contributed by atoms with Crippen LogP contribution in [0, 0.1) is 18.7 Å². The summed E-state index contributed by atoms with van der Waals surface area (Å²) in [4.78, 5) is 28.9. The summed E-state index contributed by atoms with van der Waals surface area (Å²) in [5.74, 6) is -2.87. The van der Waals surface area contributed by atoms with Crippen molar-refractivity contribution in [2.24, 2.45) is 5.92 Å². The van der Waals surface area contributed by atoms with E-state index in [0.29, 0.717) is 30.2 Å². The SMILES string of the molecule is COC(=O)[C@@H]1C(C)C(F)CN1C(=O)c1cc(C2CC2)c(OCC2(F)CCN(Cc3cc(C)ccc3Cl)CC2)cc1F.S. The number of ether oxygens (including phenoxy) is 2. The van der Waals surface area contributed by atoms with Crippen LogP contribution in [-0.4, -0.2) is 72.9 Å². The molecule has 5 rings (SSSR count). The molecule has 0 N–H and O–H groups in total. The van der Waals surface area contributed by atoms with Gasteiger partial charge in [0.2, 0.25) is 0 Å². The van der Waals surface area contributed by atoms with Crippen LogP contribution in [0.4, 0.5) is 13.2 Å². The number of likely N-dealkylation sites (tertiary alicyclic amines) is 2. The number of hydrogen-bond donors (Lipinski definition) is 0. The van der Waals surface area contributed by atoms with Gasteiger partial charge >= 0.3 is 5.97 Å². The predicted molar refractivity (Wildman–Crippen MR) is 160 cm³/mol. The fourth-order valence-corrected chi connectivity index (χ4v) is 6.06. The van der Waals surface area contributed by atoms with E-state index in [4.69, 9.17) is 21.1 Å². The first-order valence-corrected chi connectivity index (χ1v) is 14.5. The zero-order chi connectivity index (χ0) is 29.5. The number of esters is 1. The molecule has 2 aromatic carbocycles. The number of benzene rings is 2. The number of nitrogens with zero attached hydrogens (tertiary/aromatic N) is 2. The molecule has 2 unspecified atom stereocenters. The van der Waals surface area contributed by atoms with E-state index in [1.165, 1.54) is 20.1 Å². The Morgan fingerprint density at radius 1 is 1.14 bits per heavy atom. The van der Waals surface area contributed by atoms with Crippen LogP contribution < -0.4 is 4.74 Å². The minimum absolute atomic E-state index is 0. The molecule has 1 amide bonds. The number of hydrogen-bond acceptors (Lipinski definition) is 5. The maximum absolute atomic E-state index is 15.8. The number of carbonyl (C=O) groups excluding carboxylic acids is 2. The minimum Gasteiger partial charge on any atom is -0.490 e. The number of halogens is 4. The molecule has 11 heteroatoms. The van der Waals surface area contributed by atoms with Crippen LogP contribution in [0.15, 0.2) is 30.3 Å². The third-order valence-electron chi connectivity index (χ3n) is 8.66. The number of methoxy groups -OCH3 is 1. The van der Waals surface area contributed by atoms with Crippen molar-refractivity contribution in [3.05, 3.63) is 63.4 Å². The summed E-state index contributed by atoms with van der Waals surface area (Å²) < 4.78 is 56.3. The van der Waals surface area contributed by atoms with E-state index in [0.717, 1.165) is 34.9 Å². The summed E-state index contributed by atoms with van der Waals surface area (Å²) in [6.45, 7) is 4.69. The van der Waals surface area contributed by atoms with E-state index in [2.05, 4.69) is 4.90 Å². The Labute approximate surface area is 256 Å². The smallest absolute Gasteiger partial charge is 0.328 e. The standard InChI is InChI=1S/C31H36ClF3N2O4.H2S/c1-18-4-7-24(32)21(12-18)15-36-10-8-31(35,9-11-36)17-41-27-14-25(33)23(13-22(27)20-5-6-20)29(38)37-16-26(34)19(2)28(37)30(39)40-3;/h4,7,12-14,19-20,26,28H,5-6,8-11,15-17H2,1-3H3;1H2/t19?,26?,28-;/m0./s1. The molecule has 0 aromatic heterocycles. The number of rotatable bonds is 8. The zero-order valence-corrected chi connectivity index (χ0v) is 25.9. The fraction of sp³-hybridized carbons (Fsp3) is 0.548. The van der Waals surface area contributed by atoms with Gasteiger partial charge in [-0.1, -0.05) is 36.2 Å². The highest BCUT2D eigenvalue weighted by atomic mass is 35.5. The number of carbonyl (C=O) groups is 2. The molecule has 42 heavy (non-hydrogen) atoms. The van der Waals surface area contributed by atoms with Gasteiger partial charge in [0.15, 0.2) is 0 Å². The number of alkyl halides is 2. The molecule has 3 fully saturated rings. The monoisotopic (exact) mass is 626 g/mol. The van der Waals surface area contributed by atoms with Gasteiger partial charge in [0.05, 0.1) is 19.2 Å². The van der Waals surface area contributed by atoms with Crippen LogP contribution in [0.2, 0.25) is 5.02 Å². The fourth-order valence-electron chi connectivity index (χ4n) is 5.88. The lowest BCUT2D eigenvalue weighted by Gasteiger charge is -2.36. The molecule has 0 bridgehead atoms. The molecule has 3 atom stereocenters. The second-order valence-corrected chi connectivity index (χ2v) is 12.2. The topological polar surface area (TPSA) is 59.1 Å². The second kappa shape index (κ2) is 13.1.